The Kier molecular flexibility index (Phi) is 8.14. The molecule has 2 aromatic rings. The summed E-state index contributed by atoms with van der Waals surface area (Å²) < 4.78 is 5.26. The molecule has 5 nitrogen and oxygen atoms in total. The summed E-state index contributed by atoms with van der Waals surface area (Å²) in [6.07, 6.45) is 1.28. The van der Waals surface area contributed by atoms with Gasteiger partial charge in [0.15, 0.2) is 5.78 Å². The SMILES string of the molecule is CCCOCCC(=O)CC(=O)NC(Cc1ccc2ccccc2c1)C(C)=O. The number of benzene rings is 2. The highest BCUT2D eigenvalue weighted by Crippen LogP contribution is 2.17. The highest BCUT2D eigenvalue weighted by Gasteiger charge is 2.19. The van der Waals surface area contributed by atoms with Crippen LogP contribution in [-0.4, -0.2) is 36.7 Å². The summed E-state index contributed by atoms with van der Waals surface area (Å²) in [6, 6.07) is 13.3. The standard InChI is InChI=1S/C22H27NO4/c1-3-11-27-12-10-20(25)15-22(26)23-21(16(2)24)14-17-8-9-18-6-4-5-7-19(18)13-17/h4-9,13,21H,3,10-12,14-15H2,1-2H3,(H,23,26). The zero-order valence-corrected chi connectivity index (χ0v) is 16.0. The van der Waals surface area contributed by atoms with Gasteiger partial charge in [0, 0.05) is 13.0 Å². The molecule has 0 aliphatic heterocycles. The van der Waals surface area contributed by atoms with Gasteiger partial charge in [-0.05, 0) is 36.1 Å². The minimum atomic E-state index is -0.636. The van der Waals surface area contributed by atoms with Gasteiger partial charge in [-0.1, -0.05) is 49.4 Å². The van der Waals surface area contributed by atoms with E-state index < -0.39 is 11.9 Å². The molecule has 0 bridgehead atoms. The van der Waals surface area contributed by atoms with Crippen LogP contribution >= 0.6 is 0 Å². The van der Waals surface area contributed by atoms with Gasteiger partial charge in [0.2, 0.25) is 5.91 Å². The summed E-state index contributed by atoms with van der Waals surface area (Å²) >= 11 is 0. The first-order valence-corrected chi connectivity index (χ1v) is 9.36. The fourth-order valence-electron chi connectivity index (χ4n) is 2.84. The van der Waals surface area contributed by atoms with Crippen molar-refractivity contribution in [2.75, 3.05) is 13.2 Å². The van der Waals surface area contributed by atoms with E-state index in [4.69, 9.17) is 4.74 Å². The van der Waals surface area contributed by atoms with Crippen LogP contribution in [0.15, 0.2) is 42.5 Å². The number of carbonyl (C=O) groups excluding carboxylic acids is 3. The van der Waals surface area contributed by atoms with Crippen LogP contribution in [0.2, 0.25) is 0 Å². The number of hydrogen-bond donors (Lipinski definition) is 1. The van der Waals surface area contributed by atoms with Gasteiger partial charge >= 0.3 is 0 Å². The van der Waals surface area contributed by atoms with Gasteiger partial charge in [0.05, 0.1) is 19.1 Å². The van der Waals surface area contributed by atoms with Crippen molar-refractivity contribution in [2.45, 2.75) is 45.6 Å². The smallest absolute Gasteiger partial charge is 0.228 e. The lowest BCUT2D eigenvalue weighted by Gasteiger charge is -2.16. The maximum atomic E-state index is 12.1. The van der Waals surface area contributed by atoms with Crippen molar-refractivity contribution in [2.24, 2.45) is 0 Å². The average Bonchev–Trinajstić information content (AvgIpc) is 2.64. The molecule has 0 saturated carbocycles. The monoisotopic (exact) mass is 369 g/mol. The molecule has 5 heteroatoms. The second-order valence-corrected chi connectivity index (χ2v) is 6.69. The Balaban J connectivity index is 1.91. The maximum Gasteiger partial charge on any atom is 0.228 e. The highest BCUT2D eigenvalue weighted by molar-refractivity contribution is 5.99. The number of ketones is 2. The number of fused-ring (bicyclic) bond motifs is 1. The minimum Gasteiger partial charge on any atom is -0.381 e. The van der Waals surface area contributed by atoms with Crippen LogP contribution in [0.3, 0.4) is 0 Å². The van der Waals surface area contributed by atoms with Crippen LogP contribution in [0.4, 0.5) is 0 Å². The zero-order valence-electron chi connectivity index (χ0n) is 16.0. The molecule has 144 valence electrons. The van der Waals surface area contributed by atoms with E-state index in [0.717, 1.165) is 22.8 Å². The molecule has 1 unspecified atom stereocenters. The Hall–Kier alpha value is -2.53. The first-order valence-electron chi connectivity index (χ1n) is 9.36. The van der Waals surface area contributed by atoms with Crippen LogP contribution in [-0.2, 0) is 25.5 Å². The van der Waals surface area contributed by atoms with Gasteiger partial charge in [-0.15, -0.1) is 0 Å². The Labute approximate surface area is 160 Å². The maximum absolute atomic E-state index is 12.1. The summed E-state index contributed by atoms with van der Waals surface area (Å²) in [7, 11) is 0. The summed E-state index contributed by atoms with van der Waals surface area (Å²) in [4.78, 5) is 35.9. The quantitative estimate of drug-likeness (QED) is 0.487. The normalized spacial score (nSPS) is 11.9. The summed E-state index contributed by atoms with van der Waals surface area (Å²) in [6.45, 7) is 4.38. The van der Waals surface area contributed by atoms with Crippen molar-refractivity contribution in [1.82, 2.24) is 5.32 Å². The number of ether oxygens (including phenoxy) is 1. The van der Waals surface area contributed by atoms with Crippen LogP contribution in [0, 0.1) is 0 Å². The molecule has 0 aliphatic carbocycles. The van der Waals surface area contributed by atoms with Crippen molar-refractivity contribution in [3.05, 3.63) is 48.0 Å². The van der Waals surface area contributed by atoms with Crippen molar-refractivity contribution >= 4 is 28.2 Å². The fourth-order valence-corrected chi connectivity index (χ4v) is 2.84. The summed E-state index contributed by atoms with van der Waals surface area (Å²) in [5.74, 6) is -0.733. The first kappa shape index (κ1) is 20.8. The molecular formula is C22H27NO4. The molecule has 2 aromatic carbocycles. The van der Waals surface area contributed by atoms with Crippen molar-refractivity contribution in [1.29, 1.82) is 0 Å². The molecule has 0 saturated heterocycles. The van der Waals surface area contributed by atoms with E-state index in [9.17, 15) is 14.4 Å². The lowest BCUT2D eigenvalue weighted by atomic mass is 9.99. The van der Waals surface area contributed by atoms with Crippen LogP contribution < -0.4 is 5.32 Å². The van der Waals surface area contributed by atoms with Gasteiger partial charge in [-0.3, -0.25) is 14.4 Å². The summed E-state index contributed by atoms with van der Waals surface area (Å²) in [5, 5.41) is 4.91. The number of carbonyl (C=O) groups is 3. The molecule has 0 aromatic heterocycles. The number of hydrogen-bond acceptors (Lipinski definition) is 4. The molecular weight excluding hydrogens is 342 g/mol. The van der Waals surface area contributed by atoms with E-state index in [1.807, 2.05) is 49.4 Å². The number of nitrogens with one attached hydrogen (secondary N) is 1. The van der Waals surface area contributed by atoms with Gasteiger partial charge in [-0.25, -0.2) is 0 Å². The number of Topliss-reactive ketones (excluding diaryl/α,β-unsaturated/α-hetero) is 2. The van der Waals surface area contributed by atoms with E-state index in [1.165, 1.54) is 6.92 Å². The molecule has 1 N–H and O–H groups in total. The van der Waals surface area contributed by atoms with Crippen LogP contribution in [0.25, 0.3) is 10.8 Å². The second-order valence-electron chi connectivity index (χ2n) is 6.69. The Morgan fingerprint density at radius 1 is 1.04 bits per heavy atom. The first-order chi connectivity index (χ1) is 13.0. The average molecular weight is 369 g/mol. The predicted octanol–water partition coefficient (Wildman–Crippen LogP) is 3.23. The Bertz CT molecular complexity index is 800. The molecule has 0 aliphatic rings. The molecule has 0 spiro atoms. The van der Waals surface area contributed by atoms with E-state index in [0.29, 0.717) is 19.6 Å². The molecule has 0 fully saturated rings. The van der Waals surface area contributed by atoms with E-state index >= 15 is 0 Å². The van der Waals surface area contributed by atoms with E-state index in [-0.39, 0.29) is 24.4 Å². The van der Waals surface area contributed by atoms with Gasteiger partial charge in [-0.2, -0.15) is 0 Å². The molecule has 27 heavy (non-hydrogen) atoms. The molecule has 1 amide bonds. The fraction of sp³-hybridized carbons (Fsp3) is 0.409. The Morgan fingerprint density at radius 3 is 2.48 bits per heavy atom. The Morgan fingerprint density at radius 2 is 1.78 bits per heavy atom. The zero-order chi connectivity index (χ0) is 19.6. The van der Waals surface area contributed by atoms with Gasteiger partial charge in [0.1, 0.15) is 5.78 Å². The number of amides is 1. The molecule has 0 radical (unpaired) electrons. The largest absolute Gasteiger partial charge is 0.381 e. The third-order valence-electron chi connectivity index (χ3n) is 4.31. The van der Waals surface area contributed by atoms with Crippen molar-refractivity contribution < 1.29 is 19.1 Å². The second kappa shape index (κ2) is 10.6. The molecule has 2 rings (SSSR count). The molecule has 0 heterocycles. The van der Waals surface area contributed by atoms with Crippen LogP contribution in [0.5, 0.6) is 0 Å². The summed E-state index contributed by atoms with van der Waals surface area (Å²) in [5.41, 5.74) is 0.966. The highest BCUT2D eigenvalue weighted by atomic mass is 16.5. The van der Waals surface area contributed by atoms with E-state index in [2.05, 4.69) is 5.32 Å². The van der Waals surface area contributed by atoms with Gasteiger partial charge < -0.3 is 10.1 Å². The lowest BCUT2D eigenvalue weighted by Crippen LogP contribution is -2.42. The van der Waals surface area contributed by atoms with Gasteiger partial charge in [0.25, 0.3) is 0 Å². The van der Waals surface area contributed by atoms with E-state index in [1.54, 1.807) is 0 Å². The van der Waals surface area contributed by atoms with Crippen LogP contribution in [0.1, 0.15) is 38.7 Å². The third kappa shape index (κ3) is 6.94. The minimum absolute atomic E-state index is 0.129. The van der Waals surface area contributed by atoms with Crippen molar-refractivity contribution in [3.8, 4) is 0 Å². The predicted molar refractivity (Wildman–Crippen MR) is 106 cm³/mol. The lowest BCUT2D eigenvalue weighted by molar-refractivity contribution is -0.131. The molecule has 1 atom stereocenters. The number of rotatable bonds is 11. The van der Waals surface area contributed by atoms with Crippen molar-refractivity contribution in [3.63, 3.8) is 0 Å². The third-order valence-corrected chi connectivity index (χ3v) is 4.31. The topological polar surface area (TPSA) is 72.5 Å².